The topological polar surface area (TPSA) is 98.2 Å². The zero-order chi connectivity index (χ0) is 19.6. The third-order valence-electron chi connectivity index (χ3n) is 4.77. The number of amides is 1. The molecule has 5 rings (SSSR count). The van der Waals surface area contributed by atoms with Crippen LogP contribution in [0.2, 0.25) is 0 Å². The first-order chi connectivity index (χ1) is 14.3. The lowest BCUT2D eigenvalue weighted by atomic mass is 10.2. The van der Waals surface area contributed by atoms with Crippen LogP contribution < -0.4 is 5.32 Å². The number of pyridine rings is 1. The van der Waals surface area contributed by atoms with Gasteiger partial charge < -0.3 is 9.84 Å². The van der Waals surface area contributed by atoms with E-state index in [-0.39, 0.29) is 12.5 Å². The minimum Gasteiger partial charge on any atom is -0.345 e. The molecule has 0 aliphatic heterocycles. The average molecular weight is 386 g/mol. The predicted molar refractivity (Wildman–Crippen MR) is 106 cm³/mol. The minimum absolute atomic E-state index is 0.201. The molecule has 0 saturated heterocycles. The van der Waals surface area contributed by atoms with Crippen LogP contribution in [0.1, 0.15) is 36.0 Å². The van der Waals surface area contributed by atoms with Crippen molar-refractivity contribution in [1.82, 2.24) is 30.1 Å². The Hall–Kier alpha value is -3.81. The van der Waals surface area contributed by atoms with E-state index < -0.39 is 0 Å². The lowest BCUT2D eigenvalue weighted by molar-refractivity contribution is -0.116. The van der Waals surface area contributed by atoms with E-state index in [0.717, 1.165) is 29.8 Å². The largest absolute Gasteiger partial charge is 0.345 e. The molecule has 29 heavy (non-hydrogen) atoms. The van der Waals surface area contributed by atoms with Gasteiger partial charge in [0, 0.05) is 18.2 Å². The van der Waals surface area contributed by atoms with Crippen LogP contribution in [0, 0.1) is 0 Å². The fraction of sp³-hybridized carbons (Fsp3) is 0.190. The third-order valence-corrected chi connectivity index (χ3v) is 4.77. The van der Waals surface area contributed by atoms with Crippen molar-refractivity contribution in [2.75, 3.05) is 0 Å². The smallest absolute Gasteiger partial charge is 0.261 e. The number of hydrogen-bond donors (Lipinski definition) is 1. The highest BCUT2D eigenvalue weighted by molar-refractivity contribution is 5.91. The molecule has 0 unspecified atom stereocenters. The zero-order valence-electron chi connectivity index (χ0n) is 15.5. The zero-order valence-corrected chi connectivity index (χ0v) is 15.5. The molecule has 0 bridgehead atoms. The first-order valence-corrected chi connectivity index (χ1v) is 9.45. The molecule has 0 radical (unpaired) electrons. The van der Waals surface area contributed by atoms with Crippen LogP contribution in [0.5, 0.6) is 0 Å². The molecule has 1 aromatic carbocycles. The molecule has 3 aromatic heterocycles. The second-order valence-electron chi connectivity index (χ2n) is 6.93. The lowest BCUT2D eigenvalue weighted by Crippen LogP contribution is -2.21. The summed E-state index contributed by atoms with van der Waals surface area (Å²) in [6, 6.07) is 13.4. The molecule has 4 aromatic rings. The van der Waals surface area contributed by atoms with E-state index in [1.807, 2.05) is 53.1 Å². The van der Waals surface area contributed by atoms with Crippen LogP contribution in [0.3, 0.4) is 0 Å². The van der Waals surface area contributed by atoms with Gasteiger partial charge >= 0.3 is 0 Å². The van der Waals surface area contributed by atoms with Crippen molar-refractivity contribution in [3.05, 3.63) is 71.9 Å². The monoisotopic (exact) mass is 386 g/mol. The summed E-state index contributed by atoms with van der Waals surface area (Å²) in [5.41, 5.74) is 2.30. The number of fused-ring (bicyclic) bond motifs is 1. The van der Waals surface area contributed by atoms with E-state index in [1.54, 1.807) is 6.08 Å². The van der Waals surface area contributed by atoms with Gasteiger partial charge in [-0.25, -0.2) is 0 Å². The summed E-state index contributed by atoms with van der Waals surface area (Å²) in [5, 5.41) is 15.4. The number of hydrogen-bond acceptors (Lipinski definition) is 6. The summed E-state index contributed by atoms with van der Waals surface area (Å²) in [7, 11) is 0. The Morgan fingerprint density at radius 1 is 1.17 bits per heavy atom. The molecule has 1 aliphatic carbocycles. The molecule has 144 valence electrons. The van der Waals surface area contributed by atoms with Gasteiger partial charge in [-0.3, -0.25) is 9.20 Å². The lowest BCUT2D eigenvalue weighted by Gasteiger charge is -2.02. The number of carbonyl (C=O) groups is 1. The fourth-order valence-electron chi connectivity index (χ4n) is 3.06. The summed E-state index contributed by atoms with van der Waals surface area (Å²) in [6.07, 6.45) is 7.33. The number of rotatable bonds is 6. The predicted octanol–water partition coefficient (Wildman–Crippen LogP) is 2.99. The average Bonchev–Trinajstić information content (AvgIpc) is 3.34. The van der Waals surface area contributed by atoms with Crippen LogP contribution >= 0.6 is 0 Å². The quantitative estimate of drug-likeness (QED) is 0.512. The molecule has 8 heteroatoms. The van der Waals surface area contributed by atoms with Crippen molar-refractivity contribution in [2.45, 2.75) is 25.3 Å². The summed E-state index contributed by atoms with van der Waals surface area (Å²) < 4.78 is 7.24. The number of carbonyl (C=O) groups excluding carboxylic acids is 1. The van der Waals surface area contributed by atoms with Gasteiger partial charge in [0.25, 0.3) is 5.89 Å². The molecular weight excluding hydrogens is 368 g/mol. The highest BCUT2D eigenvalue weighted by atomic mass is 16.5. The van der Waals surface area contributed by atoms with Crippen molar-refractivity contribution in [2.24, 2.45) is 0 Å². The maximum atomic E-state index is 12.1. The summed E-state index contributed by atoms with van der Waals surface area (Å²) in [5.74, 6) is 2.02. The number of nitrogens with zero attached hydrogens (tertiary/aromatic N) is 5. The molecule has 1 saturated carbocycles. The van der Waals surface area contributed by atoms with Crippen LogP contribution in [-0.2, 0) is 11.3 Å². The molecule has 1 aliphatic rings. The Labute approximate surface area is 166 Å². The summed E-state index contributed by atoms with van der Waals surface area (Å²) >= 11 is 0. The molecular formula is C21H18N6O2. The molecule has 1 fully saturated rings. The van der Waals surface area contributed by atoms with Gasteiger partial charge in [-0.2, -0.15) is 4.98 Å². The van der Waals surface area contributed by atoms with E-state index in [0.29, 0.717) is 23.3 Å². The van der Waals surface area contributed by atoms with Crippen LogP contribution in [0.25, 0.3) is 23.2 Å². The van der Waals surface area contributed by atoms with Crippen molar-refractivity contribution >= 4 is 17.6 Å². The highest BCUT2D eigenvalue weighted by Gasteiger charge is 2.29. The van der Waals surface area contributed by atoms with Crippen molar-refractivity contribution < 1.29 is 9.32 Å². The maximum absolute atomic E-state index is 12.1. The van der Waals surface area contributed by atoms with E-state index >= 15 is 0 Å². The Morgan fingerprint density at radius 2 is 2.03 bits per heavy atom. The standard InChI is InChI=1S/C21H18N6O2/c28-18(11-8-14-5-2-1-3-6-14)22-13-17-24-25-20-16(7-4-12-27(17)20)21-23-19(26-29-21)15-9-10-15/h1-8,11-12,15H,9-10,13H2,(H,22,28)/b11-8+. The highest BCUT2D eigenvalue weighted by Crippen LogP contribution is 2.39. The summed E-state index contributed by atoms with van der Waals surface area (Å²) in [6.45, 7) is 0.250. The van der Waals surface area contributed by atoms with E-state index in [2.05, 4.69) is 25.7 Å². The number of aromatic nitrogens is 5. The molecule has 1 amide bonds. The molecule has 0 atom stereocenters. The Bertz CT molecular complexity index is 1190. The number of nitrogens with one attached hydrogen (secondary N) is 1. The van der Waals surface area contributed by atoms with Crippen molar-refractivity contribution in [3.8, 4) is 11.5 Å². The van der Waals surface area contributed by atoms with Gasteiger partial charge in [-0.05, 0) is 36.6 Å². The van der Waals surface area contributed by atoms with Gasteiger partial charge in [0.05, 0.1) is 12.1 Å². The van der Waals surface area contributed by atoms with Crippen molar-refractivity contribution in [1.29, 1.82) is 0 Å². The molecule has 0 spiro atoms. The SMILES string of the molecule is O=C(/C=C/c1ccccc1)NCc1nnc2c(-c3nc(C4CC4)no3)cccn12. The summed E-state index contributed by atoms with van der Waals surface area (Å²) in [4.78, 5) is 16.6. The van der Waals surface area contributed by atoms with Gasteiger partial charge in [-0.1, -0.05) is 35.5 Å². The van der Waals surface area contributed by atoms with E-state index in [1.165, 1.54) is 6.08 Å². The minimum atomic E-state index is -0.201. The van der Waals surface area contributed by atoms with Crippen LogP contribution in [0.4, 0.5) is 0 Å². The Balaban J connectivity index is 1.32. The normalized spacial score (nSPS) is 13.9. The van der Waals surface area contributed by atoms with Crippen molar-refractivity contribution in [3.63, 3.8) is 0 Å². The van der Waals surface area contributed by atoms with Gasteiger partial charge in [-0.15, -0.1) is 10.2 Å². The first kappa shape index (κ1) is 17.3. The van der Waals surface area contributed by atoms with Crippen LogP contribution in [-0.4, -0.2) is 30.6 Å². The maximum Gasteiger partial charge on any atom is 0.261 e. The van der Waals surface area contributed by atoms with E-state index in [9.17, 15) is 4.79 Å². The second-order valence-corrected chi connectivity index (χ2v) is 6.93. The molecule has 8 nitrogen and oxygen atoms in total. The Kier molecular flexibility index (Phi) is 4.36. The molecule has 1 N–H and O–H groups in total. The van der Waals surface area contributed by atoms with Gasteiger partial charge in [0.15, 0.2) is 17.3 Å². The number of benzene rings is 1. The Morgan fingerprint density at radius 3 is 2.86 bits per heavy atom. The van der Waals surface area contributed by atoms with Gasteiger partial charge in [0.2, 0.25) is 5.91 Å². The second kappa shape index (κ2) is 7.31. The van der Waals surface area contributed by atoms with Gasteiger partial charge in [0.1, 0.15) is 0 Å². The van der Waals surface area contributed by atoms with E-state index in [4.69, 9.17) is 4.52 Å². The van der Waals surface area contributed by atoms with Crippen LogP contribution in [0.15, 0.2) is 59.3 Å². The fourth-order valence-corrected chi connectivity index (χ4v) is 3.06. The first-order valence-electron chi connectivity index (χ1n) is 9.45. The third kappa shape index (κ3) is 3.64. The molecule has 3 heterocycles.